The van der Waals surface area contributed by atoms with Crippen molar-refractivity contribution in [2.24, 2.45) is 0 Å². The lowest BCUT2D eigenvalue weighted by atomic mass is 10.2. The fourth-order valence-corrected chi connectivity index (χ4v) is 4.68. The molecule has 2 aromatic carbocycles. The summed E-state index contributed by atoms with van der Waals surface area (Å²) in [5, 5.41) is 4.90. The van der Waals surface area contributed by atoms with Crippen molar-refractivity contribution in [2.75, 3.05) is 39.0 Å². The van der Waals surface area contributed by atoms with E-state index >= 15 is 0 Å². The Morgan fingerprint density at radius 3 is 2.39 bits per heavy atom. The van der Waals surface area contributed by atoms with Crippen LogP contribution in [0.3, 0.4) is 0 Å². The molecule has 1 saturated carbocycles. The van der Waals surface area contributed by atoms with Crippen LogP contribution in [0.15, 0.2) is 60.0 Å². The van der Waals surface area contributed by atoms with Crippen molar-refractivity contribution in [3.05, 3.63) is 82.6 Å². The summed E-state index contributed by atoms with van der Waals surface area (Å²) in [6, 6.07) is 15.2. The average molecular weight is 538 g/mol. The lowest BCUT2D eigenvalue weighted by Crippen LogP contribution is -2.39. The summed E-state index contributed by atoms with van der Waals surface area (Å²) in [5.41, 5.74) is 1.98. The van der Waals surface area contributed by atoms with E-state index in [9.17, 15) is 18.8 Å². The van der Waals surface area contributed by atoms with Crippen molar-refractivity contribution in [1.29, 1.82) is 0 Å². The molecule has 0 aliphatic heterocycles. The first-order valence-electron chi connectivity index (χ1n) is 12.6. The molecule has 8 nitrogen and oxygen atoms in total. The number of thiazole rings is 1. The minimum atomic E-state index is -0.420. The zero-order valence-electron chi connectivity index (χ0n) is 21.6. The molecular formula is C28H32FN5O3S. The van der Waals surface area contributed by atoms with Crippen LogP contribution in [-0.2, 0) is 22.6 Å². The number of hydrogen-bond donors (Lipinski definition) is 1. The summed E-state index contributed by atoms with van der Waals surface area (Å²) in [4.78, 5) is 48.6. The number of carbonyl (C=O) groups is 3. The van der Waals surface area contributed by atoms with Crippen LogP contribution in [0.4, 0.5) is 9.52 Å². The minimum absolute atomic E-state index is 0.000503. The molecule has 0 unspecified atom stereocenters. The number of rotatable bonds is 12. The van der Waals surface area contributed by atoms with Gasteiger partial charge >= 0.3 is 0 Å². The lowest BCUT2D eigenvalue weighted by Gasteiger charge is -2.24. The van der Waals surface area contributed by atoms with Crippen molar-refractivity contribution in [2.45, 2.75) is 31.8 Å². The third kappa shape index (κ3) is 7.93. The van der Waals surface area contributed by atoms with E-state index in [1.807, 2.05) is 54.2 Å². The van der Waals surface area contributed by atoms with Crippen molar-refractivity contribution in [1.82, 2.24) is 19.7 Å². The Morgan fingerprint density at radius 1 is 1.03 bits per heavy atom. The van der Waals surface area contributed by atoms with Gasteiger partial charge in [0.05, 0.1) is 12.1 Å². The van der Waals surface area contributed by atoms with Crippen molar-refractivity contribution in [3.8, 4) is 0 Å². The van der Waals surface area contributed by atoms with Crippen molar-refractivity contribution >= 4 is 34.2 Å². The fraction of sp³-hybridized carbons (Fsp3) is 0.357. The largest absolute Gasteiger partial charge is 0.337 e. The molecular weight excluding hydrogens is 505 g/mol. The predicted octanol–water partition coefficient (Wildman–Crippen LogP) is 3.66. The highest BCUT2D eigenvalue weighted by atomic mass is 32.1. The molecule has 1 heterocycles. The zero-order valence-corrected chi connectivity index (χ0v) is 22.4. The Morgan fingerprint density at radius 2 is 1.74 bits per heavy atom. The van der Waals surface area contributed by atoms with E-state index in [1.54, 1.807) is 5.38 Å². The highest BCUT2D eigenvalue weighted by molar-refractivity contribution is 7.13. The Bertz CT molecular complexity index is 1240. The van der Waals surface area contributed by atoms with Gasteiger partial charge in [-0.25, -0.2) is 9.37 Å². The van der Waals surface area contributed by atoms with Crippen LogP contribution >= 0.6 is 11.3 Å². The zero-order chi connectivity index (χ0) is 27.1. The highest BCUT2D eigenvalue weighted by Crippen LogP contribution is 2.28. The van der Waals surface area contributed by atoms with E-state index in [0.717, 1.165) is 24.9 Å². The first-order chi connectivity index (χ1) is 18.3. The second-order valence-electron chi connectivity index (χ2n) is 9.64. The standard InChI is InChI=1S/C28H32FN5O3S/c1-32(2)14-15-33(17-20-6-4-3-5-7-20)26(36)16-23-19-38-28(30-23)31-25(35)18-34(24-12-13-24)27(37)21-8-10-22(29)11-9-21/h3-11,19,24H,12-18H2,1-2H3,(H,30,31,35). The smallest absolute Gasteiger partial charge is 0.254 e. The average Bonchev–Trinajstić information content (AvgIpc) is 3.65. The first kappa shape index (κ1) is 27.4. The summed E-state index contributed by atoms with van der Waals surface area (Å²) in [6.07, 6.45) is 1.79. The third-order valence-electron chi connectivity index (χ3n) is 6.17. The van der Waals surface area contributed by atoms with Gasteiger partial charge in [-0.15, -0.1) is 11.3 Å². The molecule has 1 aliphatic rings. The molecule has 0 atom stereocenters. The van der Waals surface area contributed by atoms with E-state index in [0.29, 0.717) is 29.5 Å². The molecule has 0 radical (unpaired) electrons. The van der Waals surface area contributed by atoms with Crippen LogP contribution < -0.4 is 5.32 Å². The molecule has 10 heteroatoms. The van der Waals surface area contributed by atoms with E-state index in [-0.39, 0.29) is 36.7 Å². The normalized spacial score (nSPS) is 12.8. The van der Waals surface area contributed by atoms with Gasteiger partial charge < -0.3 is 20.0 Å². The Balaban J connectivity index is 1.34. The maximum absolute atomic E-state index is 13.2. The Labute approximate surface area is 226 Å². The molecule has 3 amide bonds. The quantitative estimate of drug-likeness (QED) is 0.381. The SMILES string of the molecule is CN(C)CCN(Cc1ccccc1)C(=O)Cc1csc(NC(=O)CN(C(=O)c2ccc(F)cc2)C2CC2)n1. The van der Waals surface area contributed by atoms with Crippen molar-refractivity contribution < 1.29 is 18.8 Å². The van der Waals surface area contributed by atoms with Crippen LogP contribution in [0.5, 0.6) is 0 Å². The Hall–Kier alpha value is -3.63. The number of nitrogens with zero attached hydrogens (tertiary/aromatic N) is 4. The predicted molar refractivity (Wildman–Crippen MR) is 145 cm³/mol. The summed E-state index contributed by atoms with van der Waals surface area (Å²) in [6.45, 7) is 1.73. The van der Waals surface area contributed by atoms with Gasteiger partial charge in [0.2, 0.25) is 11.8 Å². The third-order valence-corrected chi connectivity index (χ3v) is 6.98. The summed E-state index contributed by atoms with van der Waals surface area (Å²) in [7, 11) is 3.94. The van der Waals surface area contributed by atoms with E-state index in [1.165, 1.54) is 40.5 Å². The lowest BCUT2D eigenvalue weighted by molar-refractivity contribution is -0.131. The fourth-order valence-electron chi connectivity index (χ4n) is 3.95. The topological polar surface area (TPSA) is 85.9 Å². The number of amides is 3. The van der Waals surface area contributed by atoms with Crippen LogP contribution in [0.25, 0.3) is 0 Å². The second kappa shape index (κ2) is 12.7. The van der Waals surface area contributed by atoms with Crippen molar-refractivity contribution in [3.63, 3.8) is 0 Å². The van der Waals surface area contributed by atoms with Crippen LogP contribution in [0, 0.1) is 5.82 Å². The molecule has 4 rings (SSSR count). The first-order valence-corrected chi connectivity index (χ1v) is 13.4. The van der Waals surface area contributed by atoms with Gasteiger partial charge in [-0.2, -0.15) is 0 Å². The number of nitrogens with one attached hydrogen (secondary N) is 1. The van der Waals surface area contributed by atoms with Gasteiger partial charge in [-0.1, -0.05) is 30.3 Å². The molecule has 0 bridgehead atoms. The molecule has 3 aromatic rings. The van der Waals surface area contributed by atoms with E-state index < -0.39 is 5.82 Å². The molecule has 1 N–H and O–H groups in total. The summed E-state index contributed by atoms with van der Waals surface area (Å²) < 4.78 is 13.2. The minimum Gasteiger partial charge on any atom is -0.337 e. The molecule has 1 aromatic heterocycles. The Kier molecular flexibility index (Phi) is 9.19. The van der Waals surface area contributed by atoms with Gasteiger partial charge in [-0.3, -0.25) is 14.4 Å². The molecule has 1 fully saturated rings. The molecule has 38 heavy (non-hydrogen) atoms. The summed E-state index contributed by atoms with van der Waals surface area (Å²) >= 11 is 1.24. The molecule has 1 aliphatic carbocycles. The van der Waals surface area contributed by atoms with Gasteiger partial charge in [-0.05, 0) is 56.8 Å². The monoisotopic (exact) mass is 537 g/mol. The highest BCUT2D eigenvalue weighted by Gasteiger charge is 2.34. The van der Waals surface area contributed by atoms with E-state index in [2.05, 4.69) is 10.3 Å². The second-order valence-corrected chi connectivity index (χ2v) is 10.5. The van der Waals surface area contributed by atoms with Gasteiger partial charge in [0, 0.05) is 36.6 Å². The number of anilines is 1. The van der Waals surface area contributed by atoms with Gasteiger partial charge in [0.15, 0.2) is 5.13 Å². The molecule has 200 valence electrons. The van der Waals surface area contributed by atoms with Crippen LogP contribution in [0.1, 0.15) is 34.5 Å². The van der Waals surface area contributed by atoms with Crippen LogP contribution in [0.2, 0.25) is 0 Å². The van der Waals surface area contributed by atoms with E-state index in [4.69, 9.17) is 0 Å². The number of hydrogen-bond acceptors (Lipinski definition) is 6. The summed E-state index contributed by atoms with van der Waals surface area (Å²) in [5.74, 6) is -1.12. The maximum atomic E-state index is 13.2. The maximum Gasteiger partial charge on any atom is 0.254 e. The number of likely N-dealkylation sites (N-methyl/N-ethyl adjacent to an activating group) is 1. The number of benzene rings is 2. The van der Waals surface area contributed by atoms with Gasteiger partial charge in [0.25, 0.3) is 5.91 Å². The van der Waals surface area contributed by atoms with Crippen LogP contribution in [-0.4, -0.2) is 77.2 Å². The molecule has 0 saturated heterocycles. The number of aromatic nitrogens is 1. The van der Waals surface area contributed by atoms with Gasteiger partial charge in [0.1, 0.15) is 12.4 Å². The number of halogens is 1. The number of carbonyl (C=O) groups excluding carboxylic acids is 3. The molecule has 0 spiro atoms.